The van der Waals surface area contributed by atoms with Gasteiger partial charge in [0.15, 0.2) is 0 Å². The molecular formula is C7H12N2O. The Balaban J connectivity index is 1.84. The summed E-state index contributed by atoms with van der Waals surface area (Å²) in [6.45, 7) is 3.77. The predicted octanol–water partition coefficient (Wildman–Crippen LogP) is -0.660. The van der Waals surface area contributed by atoms with Gasteiger partial charge < -0.3 is 10.6 Å². The van der Waals surface area contributed by atoms with Crippen molar-refractivity contribution in [2.45, 2.75) is 13.0 Å². The second-order valence-corrected chi connectivity index (χ2v) is 3.21. The lowest BCUT2D eigenvalue weighted by Gasteiger charge is -2.03. The summed E-state index contributed by atoms with van der Waals surface area (Å²) in [6, 6.07) is 0.499. The first-order valence-electron chi connectivity index (χ1n) is 3.77. The number of hydrogen-bond acceptors (Lipinski definition) is 2. The minimum absolute atomic E-state index is 0.111. The fourth-order valence-electron chi connectivity index (χ4n) is 1.87. The molecule has 3 nitrogen and oxygen atoms in total. The first kappa shape index (κ1) is 6.16. The number of carbonyl (C=O) groups is 1. The zero-order valence-corrected chi connectivity index (χ0v) is 6.05. The lowest BCUT2D eigenvalue weighted by Crippen LogP contribution is -2.30. The quantitative estimate of drug-likeness (QED) is 0.507. The summed E-state index contributed by atoms with van der Waals surface area (Å²) in [6.07, 6.45) is 0. The lowest BCUT2D eigenvalue weighted by atomic mass is 10.4. The van der Waals surface area contributed by atoms with E-state index in [0.717, 1.165) is 24.9 Å². The van der Waals surface area contributed by atoms with E-state index in [-0.39, 0.29) is 5.91 Å². The fourth-order valence-corrected chi connectivity index (χ4v) is 1.87. The van der Waals surface area contributed by atoms with Crippen molar-refractivity contribution in [1.29, 1.82) is 0 Å². The van der Waals surface area contributed by atoms with Crippen LogP contribution in [0.2, 0.25) is 0 Å². The van der Waals surface area contributed by atoms with Crippen molar-refractivity contribution in [1.82, 2.24) is 10.6 Å². The van der Waals surface area contributed by atoms with Gasteiger partial charge in [-0.25, -0.2) is 0 Å². The summed E-state index contributed by atoms with van der Waals surface area (Å²) in [7, 11) is 0. The standard InChI is InChI=1S/C7H12N2O/c1-4(10)9-7-5-2-8-3-6(5)7/h5-8H,2-3H2,1H3,(H,9,10)/t5-,6-/m0/s1. The molecule has 56 valence electrons. The highest BCUT2D eigenvalue weighted by atomic mass is 16.1. The highest BCUT2D eigenvalue weighted by Gasteiger charge is 2.53. The van der Waals surface area contributed by atoms with Crippen molar-refractivity contribution in [3.63, 3.8) is 0 Å². The number of fused-ring (bicyclic) bond motifs is 1. The highest BCUT2D eigenvalue weighted by molar-refractivity contribution is 5.73. The summed E-state index contributed by atoms with van der Waals surface area (Å²) in [5, 5.41) is 6.21. The molecule has 2 aliphatic rings. The topological polar surface area (TPSA) is 41.1 Å². The zero-order valence-electron chi connectivity index (χ0n) is 6.05. The highest BCUT2D eigenvalue weighted by Crippen LogP contribution is 2.41. The van der Waals surface area contributed by atoms with E-state index in [1.54, 1.807) is 6.92 Å². The van der Waals surface area contributed by atoms with E-state index in [0.29, 0.717) is 6.04 Å². The zero-order chi connectivity index (χ0) is 7.14. The Morgan fingerprint density at radius 2 is 2.10 bits per heavy atom. The maximum Gasteiger partial charge on any atom is 0.217 e. The van der Waals surface area contributed by atoms with Crippen LogP contribution in [0.3, 0.4) is 0 Å². The second-order valence-electron chi connectivity index (χ2n) is 3.21. The Kier molecular flexibility index (Phi) is 1.20. The summed E-state index contributed by atoms with van der Waals surface area (Å²) in [5.74, 6) is 1.59. The molecule has 1 amide bonds. The van der Waals surface area contributed by atoms with E-state index in [4.69, 9.17) is 0 Å². The number of hydrogen-bond donors (Lipinski definition) is 2. The Bertz CT molecular complexity index is 159. The maximum atomic E-state index is 10.6. The minimum Gasteiger partial charge on any atom is -0.353 e. The summed E-state index contributed by atoms with van der Waals surface area (Å²) >= 11 is 0. The molecule has 0 aromatic carbocycles. The van der Waals surface area contributed by atoms with Crippen molar-refractivity contribution < 1.29 is 4.79 Å². The molecular weight excluding hydrogens is 128 g/mol. The van der Waals surface area contributed by atoms with Gasteiger partial charge in [0.2, 0.25) is 5.91 Å². The van der Waals surface area contributed by atoms with E-state index >= 15 is 0 Å². The Morgan fingerprint density at radius 3 is 2.60 bits per heavy atom. The third-order valence-electron chi connectivity index (χ3n) is 2.46. The fraction of sp³-hybridized carbons (Fsp3) is 0.857. The van der Waals surface area contributed by atoms with Gasteiger partial charge in [0.1, 0.15) is 0 Å². The number of carbonyl (C=O) groups excluding carboxylic acids is 1. The van der Waals surface area contributed by atoms with Gasteiger partial charge in [-0.3, -0.25) is 4.79 Å². The molecule has 1 aliphatic heterocycles. The molecule has 1 saturated carbocycles. The third kappa shape index (κ3) is 0.814. The van der Waals surface area contributed by atoms with E-state index in [2.05, 4.69) is 10.6 Å². The third-order valence-corrected chi connectivity index (χ3v) is 2.46. The Labute approximate surface area is 60.2 Å². The second kappa shape index (κ2) is 1.95. The molecule has 0 radical (unpaired) electrons. The van der Waals surface area contributed by atoms with E-state index in [1.807, 2.05) is 0 Å². The molecule has 2 fully saturated rings. The van der Waals surface area contributed by atoms with Gasteiger partial charge in [0.25, 0.3) is 0 Å². The van der Waals surface area contributed by atoms with Crippen molar-refractivity contribution in [3.05, 3.63) is 0 Å². The monoisotopic (exact) mass is 140 g/mol. The van der Waals surface area contributed by atoms with E-state index in [9.17, 15) is 4.79 Å². The molecule has 2 atom stereocenters. The molecule has 0 bridgehead atoms. The summed E-state index contributed by atoms with van der Waals surface area (Å²) < 4.78 is 0. The first-order valence-corrected chi connectivity index (χ1v) is 3.77. The maximum absolute atomic E-state index is 10.6. The molecule has 1 saturated heterocycles. The van der Waals surface area contributed by atoms with Gasteiger partial charge in [-0.15, -0.1) is 0 Å². The molecule has 2 N–H and O–H groups in total. The molecule has 10 heavy (non-hydrogen) atoms. The molecule has 3 heteroatoms. The lowest BCUT2D eigenvalue weighted by molar-refractivity contribution is -0.119. The largest absolute Gasteiger partial charge is 0.353 e. The summed E-state index contributed by atoms with van der Waals surface area (Å²) in [4.78, 5) is 10.6. The molecule has 1 aliphatic carbocycles. The van der Waals surface area contributed by atoms with Crippen LogP contribution < -0.4 is 10.6 Å². The Morgan fingerprint density at radius 1 is 1.50 bits per heavy atom. The first-order chi connectivity index (χ1) is 4.79. The Hall–Kier alpha value is -0.570. The number of nitrogens with one attached hydrogen (secondary N) is 2. The molecule has 0 aromatic heterocycles. The number of rotatable bonds is 1. The van der Waals surface area contributed by atoms with Crippen LogP contribution in [0.4, 0.5) is 0 Å². The number of amides is 1. The van der Waals surface area contributed by atoms with Gasteiger partial charge in [-0.05, 0) is 11.8 Å². The van der Waals surface area contributed by atoms with E-state index < -0.39 is 0 Å². The molecule has 1 heterocycles. The summed E-state index contributed by atoms with van der Waals surface area (Å²) in [5.41, 5.74) is 0. The van der Waals surface area contributed by atoms with Crippen LogP contribution in [0, 0.1) is 11.8 Å². The SMILES string of the molecule is CC(=O)NC1[C@H]2CNC[C@H]12. The van der Waals surface area contributed by atoms with Crippen molar-refractivity contribution in [2.75, 3.05) is 13.1 Å². The normalized spacial score (nSPS) is 42.7. The molecule has 0 spiro atoms. The average Bonchev–Trinajstić information content (AvgIpc) is 2.40. The van der Waals surface area contributed by atoms with Crippen LogP contribution in [-0.2, 0) is 4.79 Å². The van der Waals surface area contributed by atoms with Crippen molar-refractivity contribution in [2.24, 2.45) is 11.8 Å². The molecule has 0 aromatic rings. The minimum atomic E-state index is 0.111. The average molecular weight is 140 g/mol. The van der Waals surface area contributed by atoms with Crippen molar-refractivity contribution >= 4 is 5.91 Å². The van der Waals surface area contributed by atoms with Crippen LogP contribution in [0.15, 0.2) is 0 Å². The van der Waals surface area contributed by atoms with Crippen LogP contribution in [0.25, 0.3) is 0 Å². The van der Waals surface area contributed by atoms with Gasteiger partial charge in [-0.2, -0.15) is 0 Å². The van der Waals surface area contributed by atoms with Crippen LogP contribution >= 0.6 is 0 Å². The van der Waals surface area contributed by atoms with Gasteiger partial charge in [0.05, 0.1) is 0 Å². The van der Waals surface area contributed by atoms with Crippen LogP contribution in [0.5, 0.6) is 0 Å². The van der Waals surface area contributed by atoms with Gasteiger partial charge >= 0.3 is 0 Å². The van der Waals surface area contributed by atoms with Crippen LogP contribution in [-0.4, -0.2) is 25.0 Å². The van der Waals surface area contributed by atoms with Crippen LogP contribution in [0.1, 0.15) is 6.92 Å². The van der Waals surface area contributed by atoms with Gasteiger partial charge in [-0.1, -0.05) is 0 Å². The predicted molar refractivity (Wildman–Crippen MR) is 37.5 cm³/mol. The smallest absolute Gasteiger partial charge is 0.217 e. The van der Waals surface area contributed by atoms with Gasteiger partial charge in [0, 0.05) is 26.1 Å². The molecule has 0 unspecified atom stereocenters. The molecule has 2 rings (SSSR count). The number of piperidine rings is 1. The van der Waals surface area contributed by atoms with Crippen molar-refractivity contribution in [3.8, 4) is 0 Å². The van der Waals surface area contributed by atoms with E-state index in [1.165, 1.54) is 0 Å².